The number of hydrogen-bond acceptors (Lipinski definition) is 4. The van der Waals surface area contributed by atoms with Gasteiger partial charge in [-0.1, -0.05) is 13.0 Å². The Balaban J connectivity index is 1.77. The molecule has 0 spiro atoms. The predicted octanol–water partition coefficient (Wildman–Crippen LogP) is 1.03. The van der Waals surface area contributed by atoms with Crippen molar-refractivity contribution in [3.8, 4) is 0 Å². The van der Waals surface area contributed by atoms with Gasteiger partial charge in [-0.25, -0.2) is 0 Å². The van der Waals surface area contributed by atoms with Gasteiger partial charge in [-0.15, -0.1) is 11.3 Å². The van der Waals surface area contributed by atoms with Crippen LogP contribution < -0.4 is 5.32 Å². The Morgan fingerprint density at radius 2 is 1.95 bits per heavy atom. The molecule has 0 aromatic carbocycles. The molecule has 1 aromatic rings. The van der Waals surface area contributed by atoms with Crippen molar-refractivity contribution in [2.75, 3.05) is 39.3 Å². The summed E-state index contributed by atoms with van der Waals surface area (Å²) in [4.78, 5) is 28.6. The summed E-state index contributed by atoms with van der Waals surface area (Å²) in [6, 6.07) is 3.74. The van der Waals surface area contributed by atoms with Gasteiger partial charge in [0.1, 0.15) is 0 Å². The van der Waals surface area contributed by atoms with Crippen LogP contribution in [0.25, 0.3) is 0 Å². The minimum absolute atomic E-state index is 0.0831. The topological polar surface area (TPSA) is 52.7 Å². The molecule has 2 rings (SSSR count). The Morgan fingerprint density at radius 1 is 1.25 bits per heavy atom. The fourth-order valence-electron chi connectivity index (χ4n) is 2.25. The van der Waals surface area contributed by atoms with Crippen molar-refractivity contribution in [3.63, 3.8) is 0 Å². The molecule has 110 valence electrons. The van der Waals surface area contributed by atoms with Crippen LogP contribution in [0.4, 0.5) is 0 Å². The lowest BCUT2D eigenvalue weighted by atomic mass is 10.2. The third kappa shape index (κ3) is 3.80. The summed E-state index contributed by atoms with van der Waals surface area (Å²) in [6.07, 6.45) is 0.534. The minimum Gasteiger partial charge on any atom is -0.339 e. The molecule has 6 heteroatoms. The lowest BCUT2D eigenvalue weighted by Crippen LogP contribution is -2.50. The fourth-order valence-corrected chi connectivity index (χ4v) is 2.94. The maximum Gasteiger partial charge on any atom is 0.264 e. The number of nitrogens with zero attached hydrogens (tertiary/aromatic N) is 2. The highest BCUT2D eigenvalue weighted by molar-refractivity contribution is 7.12. The third-order valence-electron chi connectivity index (χ3n) is 3.42. The Morgan fingerprint density at radius 3 is 2.55 bits per heavy atom. The van der Waals surface area contributed by atoms with Crippen LogP contribution >= 0.6 is 11.3 Å². The van der Waals surface area contributed by atoms with Gasteiger partial charge in [0.05, 0.1) is 4.88 Å². The lowest BCUT2D eigenvalue weighted by molar-refractivity contribution is -0.132. The molecule has 0 aliphatic carbocycles. The highest BCUT2D eigenvalue weighted by Gasteiger charge is 2.24. The van der Waals surface area contributed by atoms with E-state index >= 15 is 0 Å². The Bertz CT molecular complexity index is 439. The lowest BCUT2D eigenvalue weighted by Gasteiger charge is -2.34. The standard InChI is InChI=1S/C14H21N3O2S/c1-2-15-6-5-13(18)16-7-9-17(10-8-16)14(19)12-4-3-11-20-12/h3-4,11,15H,2,5-10H2,1H3. The molecule has 1 aliphatic heterocycles. The molecule has 1 aromatic heterocycles. The SMILES string of the molecule is CCNCCC(=O)N1CCN(C(=O)c2cccs2)CC1. The van der Waals surface area contributed by atoms with Gasteiger partial charge in [-0.2, -0.15) is 0 Å². The van der Waals surface area contributed by atoms with Gasteiger partial charge in [0.2, 0.25) is 5.91 Å². The summed E-state index contributed by atoms with van der Waals surface area (Å²) in [7, 11) is 0. The van der Waals surface area contributed by atoms with E-state index in [9.17, 15) is 9.59 Å². The summed E-state index contributed by atoms with van der Waals surface area (Å²) >= 11 is 1.47. The first-order valence-electron chi connectivity index (χ1n) is 7.03. The van der Waals surface area contributed by atoms with Crippen molar-refractivity contribution in [3.05, 3.63) is 22.4 Å². The predicted molar refractivity (Wildman–Crippen MR) is 80.0 cm³/mol. The van der Waals surface area contributed by atoms with E-state index in [0.29, 0.717) is 32.6 Å². The van der Waals surface area contributed by atoms with Crippen molar-refractivity contribution in [1.29, 1.82) is 0 Å². The number of carbonyl (C=O) groups excluding carboxylic acids is 2. The summed E-state index contributed by atoms with van der Waals surface area (Å²) in [5.41, 5.74) is 0. The van der Waals surface area contributed by atoms with Gasteiger partial charge < -0.3 is 15.1 Å². The normalized spacial score (nSPS) is 15.4. The number of thiophene rings is 1. The summed E-state index contributed by atoms with van der Waals surface area (Å²) in [6.45, 7) is 6.18. The number of carbonyl (C=O) groups is 2. The zero-order chi connectivity index (χ0) is 14.4. The molecule has 2 amide bonds. The number of hydrogen-bond donors (Lipinski definition) is 1. The first-order chi connectivity index (χ1) is 9.72. The molecule has 0 saturated carbocycles. The molecule has 1 aliphatic rings. The largest absolute Gasteiger partial charge is 0.339 e. The first-order valence-corrected chi connectivity index (χ1v) is 7.91. The van der Waals surface area contributed by atoms with Crippen LogP contribution in [0, 0.1) is 0 Å². The highest BCUT2D eigenvalue weighted by Crippen LogP contribution is 2.14. The number of nitrogens with one attached hydrogen (secondary N) is 1. The van der Waals surface area contributed by atoms with Crippen LogP contribution in [-0.2, 0) is 4.79 Å². The molecule has 5 nitrogen and oxygen atoms in total. The molecule has 2 heterocycles. The van der Waals surface area contributed by atoms with Crippen molar-refractivity contribution in [2.45, 2.75) is 13.3 Å². The molecule has 0 atom stereocenters. The maximum absolute atomic E-state index is 12.2. The van der Waals surface area contributed by atoms with Crippen LogP contribution in [0.2, 0.25) is 0 Å². The van der Waals surface area contributed by atoms with Crippen molar-refractivity contribution >= 4 is 23.2 Å². The quantitative estimate of drug-likeness (QED) is 0.826. The first kappa shape index (κ1) is 15.0. The van der Waals surface area contributed by atoms with Gasteiger partial charge in [-0.3, -0.25) is 9.59 Å². The van der Waals surface area contributed by atoms with Crippen LogP contribution in [0.1, 0.15) is 23.0 Å². The van der Waals surface area contributed by atoms with E-state index in [0.717, 1.165) is 18.0 Å². The summed E-state index contributed by atoms with van der Waals surface area (Å²) in [5.74, 6) is 0.258. The van der Waals surface area contributed by atoms with E-state index in [2.05, 4.69) is 5.32 Å². The van der Waals surface area contributed by atoms with Crippen LogP contribution in [-0.4, -0.2) is 60.9 Å². The fraction of sp³-hybridized carbons (Fsp3) is 0.571. The van der Waals surface area contributed by atoms with E-state index < -0.39 is 0 Å². The smallest absolute Gasteiger partial charge is 0.264 e. The molecule has 1 N–H and O–H groups in total. The van der Waals surface area contributed by atoms with Crippen molar-refractivity contribution in [2.24, 2.45) is 0 Å². The van der Waals surface area contributed by atoms with Crippen LogP contribution in [0.5, 0.6) is 0 Å². The Kier molecular flexibility index (Phi) is 5.55. The molecule has 0 radical (unpaired) electrons. The molecule has 20 heavy (non-hydrogen) atoms. The summed E-state index contributed by atoms with van der Waals surface area (Å²) in [5, 5.41) is 5.06. The number of amides is 2. The van der Waals surface area contributed by atoms with Gasteiger partial charge in [0, 0.05) is 39.1 Å². The van der Waals surface area contributed by atoms with Crippen LogP contribution in [0.15, 0.2) is 17.5 Å². The average molecular weight is 295 g/mol. The second-order valence-corrected chi connectivity index (χ2v) is 5.70. The van der Waals surface area contributed by atoms with E-state index in [1.807, 2.05) is 34.2 Å². The molecule has 1 saturated heterocycles. The van der Waals surface area contributed by atoms with Crippen molar-refractivity contribution in [1.82, 2.24) is 15.1 Å². The van der Waals surface area contributed by atoms with Gasteiger partial charge in [-0.05, 0) is 18.0 Å². The molecule has 1 fully saturated rings. The maximum atomic E-state index is 12.2. The molecule has 0 unspecified atom stereocenters. The number of rotatable bonds is 5. The Labute approximate surface area is 123 Å². The molecule has 0 bridgehead atoms. The van der Waals surface area contributed by atoms with Crippen molar-refractivity contribution < 1.29 is 9.59 Å². The zero-order valence-electron chi connectivity index (χ0n) is 11.8. The Hall–Kier alpha value is -1.40. The number of piperazine rings is 1. The third-order valence-corrected chi connectivity index (χ3v) is 4.28. The summed E-state index contributed by atoms with van der Waals surface area (Å²) < 4.78 is 0. The molecular weight excluding hydrogens is 274 g/mol. The molecular formula is C14H21N3O2S. The van der Waals surface area contributed by atoms with Crippen LogP contribution in [0.3, 0.4) is 0 Å². The second kappa shape index (κ2) is 7.40. The zero-order valence-corrected chi connectivity index (χ0v) is 12.6. The van der Waals surface area contributed by atoms with E-state index in [1.165, 1.54) is 11.3 Å². The minimum atomic E-state index is 0.0831. The van der Waals surface area contributed by atoms with E-state index in [4.69, 9.17) is 0 Å². The van der Waals surface area contributed by atoms with E-state index in [-0.39, 0.29) is 11.8 Å². The second-order valence-electron chi connectivity index (χ2n) is 4.75. The highest BCUT2D eigenvalue weighted by atomic mass is 32.1. The monoisotopic (exact) mass is 295 g/mol. The van der Waals surface area contributed by atoms with Gasteiger partial charge in [0.25, 0.3) is 5.91 Å². The van der Waals surface area contributed by atoms with E-state index in [1.54, 1.807) is 0 Å². The average Bonchev–Trinajstić information content (AvgIpc) is 3.01. The van der Waals surface area contributed by atoms with Gasteiger partial charge in [0.15, 0.2) is 0 Å². The van der Waals surface area contributed by atoms with Gasteiger partial charge >= 0.3 is 0 Å².